The van der Waals surface area contributed by atoms with Crippen LogP contribution in [-0.4, -0.2) is 5.78 Å². The van der Waals surface area contributed by atoms with Gasteiger partial charge in [-0.25, -0.2) is 0 Å². The van der Waals surface area contributed by atoms with Crippen molar-refractivity contribution < 1.29 is 4.79 Å². The molecule has 0 heterocycles. The molecule has 0 bridgehead atoms. The van der Waals surface area contributed by atoms with Crippen molar-refractivity contribution in [2.45, 2.75) is 19.3 Å². The number of hydrogen-bond donors (Lipinski definition) is 0. The third kappa shape index (κ3) is 1.82. The maximum Gasteiger partial charge on any atom is 0.189 e. The highest BCUT2D eigenvalue weighted by atomic mass is 16.1. The van der Waals surface area contributed by atoms with Gasteiger partial charge in [0.15, 0.2) is 5.78 Å². The zero-order chi connectivity index (χ0) is 13.4. The second-order valence-corrected chi connectivity index (χ2v) is 5.06. The van der Waals surface area contributed by atoms with E-state index in [0.29, 0.717) is 0 Å². The minimum absolute atomic E-state index is 0.208. The molecule has 0 aromatic heterocycles. The SMILES string of the molecule is C=CC1=C(C=C)CC(=C2Cc3ccccc3C2=O)C1. The Bertz CT molecular complexity index is 634. The largest absolute Gasteiger partial charge is 0.289 e. The fraction of sp³-hybridized carbons (Fsp3) is 0.167. The first-order valence-corrected chi connectivity index (χ1v) is 6.55. The van der Waals surface area contributed by atoms with Crippen LogP contribution in [0.15, 0.2) is 71.9 Å². The van der Waals surface area contributed by atoms with Crippen molar-refractivity contribution in [2.75, 3.05) is 0 Å². The summed E-state index contributed by atoms with van der Waals surface area (Å²) < 4.78 is 0. The van der Waals surface area contributed by atoms with Crippen LogP contribution in [0.2, 0.25) is 0 Å². The van der Waals surface area contributed by atoms with Gasteiger partial charge in [0.1, 0.15) is 0 Å². The van der Waals surface area contributed by atoms with Crippen molar-refractivity contribution in [1.82, 2.24) is 0 Å². The van der Waals surface area contributed by atoms with Gasteiger partial charge in [-0.15, -0.1) is 0 Å². The van der Waals surface area contributed by atoms with Crippen LogP contribution >= 0.6 is 0 Å². The van der Waals surface area contributed by atoms with Crippen LogP contribution in [0, 0.1) is 0 Å². The van der Waals surface area contributed by atoms with E-state index in [0.717, 1.165) is 36.0 Å². The minimum Gasteiger partial charge on any atom is -0.289 e. The maximum atomic E-state index is 12.4. The summed E-state index contributed by atoms with van der Waals surface area (Å²) in [5.41, 5.74) is 6.67. The molecule has 0 fully saturated rings. The summed E-state index contributed by atoms with van der Waals surface area (Å²) in [7, 11) is 0. The molecule has 0 N–H and O–H groups in total. The van der Waals surface area contributed by atoms with E-state index in [9.17, 15) is 4.79 Å². The highest BCUT2D eigenvalue weighted by Gasteiger charge is 2.29. The van der Waals surface area contributed by atoms with Gasteiger partial charge in [-0.05, 0) is 29.6 Å². The van der Waals surface area contributed by atoms with Crippen LogP contribution in [0.5, 0.6) is 0 Å². The number of rotatable bonds is 2. The van der Waals surface area contributed by atoms with E-state index in [1.165, 1.54) is 16.7 Å². The zero-order valence-electron chi connectivity index (χ0n) is 10.9. The quantitative estimate of drug-likeness (QED) is 0.717. The van der Waals surface area contributed by atoms with Crippen LogP contribution in [0.1, 0.15) is 28.8 Å². The summed E-state index contributed by atoms with van der Waals surface area (Å²) >= 11 is 0. The van der Waals surface area contributed by atoms with Crippen LogP contribution in [0.4, 0.5) is 0 Å². The lowest BCUT2D eigenvalue weighted by Crippen LogP contribution is -1.99. The van der Waals surface area contributed by atoms with Gasteiger partial charge in [0.05, 0.1) is 0 Å². The Hall–Kier alpha value is -2.15. The standard InChI is InChI=1S/C18H16O/c1-3-12-9-15(10-13(12)4-2)17-11-14-7-5-6-8-16(14)18(17)19/h3-8H,1-2,9-11H2. The number of fused-ring (bicyclic) bond motifs is 1. The molecule has 2 aliphatic carbocycles. The molecule has 19 heavy (non-hydrogen) atoms. The van der Waals surface area contributed by atoms with Crippen molar-refractivity contribution in [3.8, 4) is 0 Å². The molecule has 1 heteroatoms. The smallest absolute Gasteiger partial charge is 0.189 e. The van der Waals surface area contributed by atoms with Crippen molar-refractivity contribution >= 4 is 5.78 Å². The van der Waals surface area contributed by atoms with E-state index < -0.39 is 0 Å². The van der Waals surface area contributed by atoms with Gasteiger partial charge in [-0.1, -0.05) is 55.1 Å². The van der Waals surface area contributed by atoms with Crippen LogP contribution in [0.3, 0.4) is 0 Å². The topological polar surface area (TPSA) is 17.1 Å². The van der Waals surface area contributed by atoms with Crippen molar-refractivity contribution in [3.63, 3.8) is 0 Å². The predicted molar refractivity (Wildman–Crippen MR) is 78.2 cm³/mol. The molecule has 1 aromatic carbocycles. The normalized spacial score (nSPS) is 18.0. The fourth-order valence-electron chi connectivity index (χ4n) is 2.98. The molecule has 0 saturated carbocycles. The number of benzene rings is 1. The second-order valence-electron chi connectivity index (χ2n) is 5.06. The molecule has 0 saturated heterocycles. The fourth-order valence-corrected chi connectivity index (χ4v) is 2.98. The van der Waals surface area contributed by atoms with E-state index in [1.807, 2.05) is 36.4 Å². The molecule has 0 atom stereocenters. The van der Waals surface area contributed by atoms with E-state index in [-0.39, 0.29) is 5.78 Å². The van der Waals surface area contributed by atoms with Crippen molar-refractivity contribution in [3.05, 3.63) is 83.0 Å². The lowest BCUT2D eigenvalue weighted by molar-refractivity contribution is 0.103. The third-order valence-electron chi connectivity index (χ3n) is 4.04. The molecule has 0 radical (unpaired) electrons. The minimum atomic E-state index is 0.208. The highest BCUT2D eigenvalue weighted by molar-refractivity contribution is 6.13. The molecule has 1 nitrogen and oxygen atoms in total. The van der Waals surface area contributed by atoms with Crippen LogP contribution in [-0.2, 0) is 6.42 Å². The molecule has 2 aliphatic rings. The Morgan fingerprint density at radius 2 is 1.58 bits per heavy atom. The summed E-state index contributed by atoms with van der Waals surface area (Å²) in [6.45, 7) is 7.69. The van der Waals surface area contributed by atoms with Gasteiger partial charge in [-0.3, -0.25) is 4.79 Å². The molecular formula is C18H16O. The molecule has 3 rings (SSSR count). The Labute approximate surface area is 113 Å². The number of hydrogen-bond acceptors (Lipinski definition) is 1. The first-order valence-electron chi connectivity index (χ1n) is 6.55. The zero-order valence-corrected chi connectivity index (χ0v) is 10.9. The Balaban J connectivity index is 1.99. The molecule has 0 unspecified atom stereocenters. The summed E-state index contributed by atoms with van der Waals surface area (Å²) in [6, 6.07) is 7.90. The lowest BCUT2D eigenvalue weighted by atomic mass is 10.0. The van der Waals surface area contributed by atoms with E-state index in [4.69, 9.17) is 0 Å². The summed E-state index contributed by atoms with van der Waals surface area (Å²) in [5, 5.41) is 0. The first-order chi connectivity index (χ1) is 9.24. The number of ketones is 1. The van der Waals surface area contributed by atoms with E-state index in [1.54, 1.807) is 0 Å². The second kappa shape index (κ2) is 4.51. The Morgan fingerprint density at radius 1 is 0.947 bits per heavy atom. The average molecular weight is 248 g/mol. The Morgan fingerprint density at radius 3 is 2.16 bits per heavy atom. The van der Waals surface area contributed by atoms with Crippen molar-refractivity contribution in [2.24, 2.45) is 0 Å². The van der Waals surface area contributed by atoms with Crippen molar-refractivity contribution in [1.29, 1.82) is 0 Å². The number of carbonyl (C=O) groups excluding carboxylic acids is 1. The van der Waals surface area contributed by atoms with E-state index in [2.05, 4.69) is 13.2 Å². The lowest BCUT2D eigenvalue weighted by Gasteiger charge is -2.02. The molecule has 0 aliphatic heterocycles. The molecule has 1 aromatic rings. The van der Waals surface area contributed by atoms with Gasteiger partial charge in [0.25, 0.3) is 0 Å². The van der Waals surface area contributed by atoms with Crippen LogP contribution in [0.25, 0.3) is 0 Å². The predicted octanol–water partition coefficient (Wildman–Crippen LogP) is 4.18. The molecular weight excluding hydrogens is 232 g/mol. The van der Waals surface area contributed by atoms with E-state index >= 15 is 0 Å². The van der Waals surface area contributed by atoms with Gasteiger partial charge < -0.3 is 0 Å². The average Bonchev–Trinajstić information content (AvgIpc) is 3.00. The number of Topliss-reactive ketones (excluding diaryl/α,β-unsaturated/α-hetero) is 1. The van der Waals surface area contributed by atoms with Gasteiger partial charge >= 0.3 is 0 Å². The summed E-state index contributed by atoms with van der Waals surface area (Å²) in [5.74, 6) is 0.208. The Kier molecular flexibility index (Phi) is 2.83. The molecule has 0 amide bonds. The molecule has 0 spiro atoms. The molecule has 94 valence electrons. The summed E-state index contributed by atoms with van der Waals surface area (Å²) in [4.78, 5) is 12.4. The number of carbonyl (C=O) groups is 1. The summed E-state index contributed by atoms with van der Waals surface area (Å²) in [6.07, 6.45) is 6.24. The first kappa shape index (κ1) is 11.9. The maximum absolute atomic E-state index is 12.4. The van der Waals surface area contributed by atoms with Gasteiger partial charge in [0, 0.05) is 17.6 Å². The van der Waals surface area contributed by atoms with Crippen LogP contribution < -0.4 is 0 Å². The van der Waals surface area contributed by atoms with Gasteiger partial charge in [-0.2, -0.15) is 0 Å². The highest BCUT2D eigenvalue weighted by Crippen LogP contribution is 2.38. The third-order valence-corrected chi connectivity index (χ3v) is 4.04. The monoisotopic (exact) mass is 248 g/mol. The number of allylic oxidation sites excluding steroid dienone is 6. The van der Waals surface area contributed by atoms with Gasteiger partial charge in [0.2, 0.25) is 0 Å².